The number of anilines is 1. The van der Waals surface area contributed by atoms with Crippen LogP contribution in [0.3, 0.4) is 0 Å². The monoisotopic (exact) mass is 949 g/mol. The molecule has 20 nitrogen and oxygen atoms in total. The molecular formula is C38H64N6O14SY. The molecule has 60 heavy (non-hydrogen) atoms. The third-order valence-corrected chi connectivity index (χ3v) is 9.09. The van der Waals surface area contributed by atoms with Crippen molar-refractivity contribution in [2.75, 3.05) is 163 Å². The first-order valence-corrected chi connectivity index (χ1v) is 20.2. The summed E-state index contributed by atoms with van der Waals surface area (Å²) in [6.45, 7) is 8.62. The molecule has 1 aromatic rings. The predicted molar refractivity (Wildman–Crippen MR) is 220 cm³/mol. The molecule has 1 aromatic carbocycles. The smallest absolute Gasteiger partial charge is 0.317 e. The molecular weight excluding hydrogens is 885 g/mol. The molecule has 6 N–H and O–H groups in total. The fraction of sp³-hybridized carbons (Fsp3) is 0.711. The number of aliphatic carboxylic acids is 4. The van der Waals surface area contributed by atoms with Gasteiger partial charge in [0.2, 0.25) is 0 Å². The van der Waals surface area contributed by atoms with Crippen LogP contribution in [0.5, 0.6) is 0 Å². The van der Waals surface area contributed by atoms with Crippen molar-refractivity contribution in [3.63, 3.8) is 0 Å². The SMILES string of the molecule is CCOCCOCCOCCOCCOCCOCCNC(=S)Nc1ccc(CC2CN(CC(=O)O)CCN(CC(=O)O)CCN(CC(=O)O)CCN2CC(=O)O)cc1.[Y]. The van der Waals surface area contributed by atoms with Crippen LogP contribution in [0.25, 0.3) is 0 Å². The topological polar surface area (TPSA) is 242 Å². The van der Waals surface area contributed by atoms with E-state index in [0.29, 0.717) is 103 Å². The normalized spacial score (nSPS) is 16.2. The second-order valence-corrected chi connectivity index (χ2v) is 13.9. The molecule has 0 aliphatic carbocycles. The maximum Gasteiger partial charge on any atom is 0.317 e. The van der Waals surface area contributed by atoms with E-state index in [1.54, 1.807) is 19.6 Å². The number of rotatable bonds is 30. The molecule has 1 saturated heterocycles. The minimum Gasteiger partial charge on any atom is -0.480 e. The predicted octanol–water partition coefficient (Wildman–Crippen LogP) is -0.439. The van der Waals surface area contributed by atoms with Gasteiger partial charge in [-0.05, 0) is 43.3 Å². The third-order valence-electron chi connectivity index (χ3n) is 8.85. The summed E-state index contributed by atoms with van der Waals surface area (Å²) in [5, 5.41) is 45.1. The van der Waals surface area contributed by atoms with Crippen molar-refractivity contribution < 1.29 is 101 Å². The zero-order chi connectivity index (χ0) is 43.1. The Balaban J connectivity index is 0.0000180. The van der Waals surface area contributed by atoms with Gasteiger partial charge in [0.1, 0.15) is 0 Å². The van der Waals surface area contributed by atoms with Gasteiger partial charge in [0.05, 0.1) is 98.9 Å². The molecule has 2 rings (SSSR count). The summed E-state index contributed by atoms with van der Waals surface area (Å²) < 4.78 is 32.6. The molecule has 1 heterocycles. The van der Waals surface area contributed by atoms with Crippen LogP contribution in [-0.2, 0) is 86.7 Å². The van der Waals surface area contributed by atoms with E-state index < -0.39 is 29.9 Å². The minimum atomic E-state index is -1.07. The maximum atomic E-state index is 12.0. The Hall–Kier alpha value is -2.51. The molecule has 1 unspecified atom stereocenters. The van der Waals surface area contributed by atoms with Crippen LogP contribution in [0.2, 0.25) is 0 Å². The molecule has 339 valence electrons. The van der Waals surface area contributed by atoms with Crippen LogP contribution in [-0.4, -0.2) is 233 Å². The molecule has 1 radical (unpaired) electrons. The van der Waals surface area contributed by atoms with E-state index in [-0.39, 0.29) is 105 Å². The van der Waals surface area contributed by atoms with Crippen molar-refractivity contribution in [3.05, 3.63) is 29.8 Å². The molecule has 0 spiro atoms. The number of hydrogen-bond acceptors (Lipinski definition) is 15. The van der Waals surface area contributed by atoms with E-state index in [4.69, 9.17) is 40.6 Å². The second-order valence-electron chi connectivity index (χ2n) is 13.5. The van der Waals surface area contributed by atoms with Crippen LogP contribution in [0.15, 0.2) is 24.3 Å². The molecule has 1 aliphatic rings. The molecule has 22 heteroatoms. The van der Waals surface area contributed by atoms with E-state index in [9.17, 15) is 39.6 Å². The summed E-state index contributed by atoms with van der Waals surface area (Å²) in [4.78, 5) is 53.8. The largest absolute Gasteiger partial charge is 0.480 e. The van der Waals surface area contributed by atoms with E-state index >= 15 is 0 Å². The molecule has 1 atom stereocenters. The van der Waals surface area contributed by atoms with Gasteiger partial charge >= 0.3 is 23.9 Å². The van der Waals surface area contributed by atoms with Gasteiger partial charge in [0, 0.05) is 103 Å². The quantitative estimate of drug-likeness (QED) is 0.0423. The Morgan fingerprint density at radius 1 is 0.600 bits per heavy atom. The van der Waals surface area contributed by atoms with Crippen LogP contribution in [0, 0.1) is 0 Å². The van der Waals surface area contributed by atoms with Crippen molar-refractivity contribution in [1.82, 2.24) is 24.9 Å². The van der Waals surface area contributed by atoms with E-state index in [1.807, 2.05) is 31.2 Å². The Kier molecular flexibility index (Phi) is 32.4. The van der Waals surface area contributed by atoms with E-state index in [2.05, 4.69) is 10.6 Å². The van der Waals surface area contributed by atoms with Gasteiger partial charge in [0.25, 0.3) is 0 Å². The summed E-state index contributed by atoms with van der Waals surface area (Å²) in [5.74, 6) is -4.26. The number of carbonyl (C=O) groups is 4. The molecule has 0 saturated carbocycles. The van der Waals surface area contributed by atoms with Gasteiger partial charge < -0.3 is 59.5 Å². The fourth-order valence-corrected chi connectivity index (χ4v) is 6.23. The summed E-state index contributed by atoms with van der Waals surface area (Å²) in [5.41, 5.74) is 1.57. The number of ether oxygens (including phenoxy) is 6. The number of carboxylic acid groups (broad SMARTS) is 4. The van der Waals surface area contributed by atoms with Gasteiger partial charge in [0.15, 0.2) is 5.11 Å². The summed E-state index contributed by atoms with van der Waals surface area (Å²) >= 11 is 5.43. The number of thiocarbonyl (C=S) groups is 1. The Bertz CT molecular complexity index is 1360. The first kappa shape index (κ1) is 55.5. The minimum absolute atomic E-state index is 0. The maximum absolute atomic E-state index is 12.0. The van der Waals surface area contributed by atoms with Crippen molar-refractivity contribution >= 4 is 46.9 Å². The van der Waals surface area contributed by atoms with Crippen molar-refractivity contribution in [2.45, 2.75) is 19.4 Å². The molecule has 0 bridgehead atoms. The zero-order valence-corrected chi connectivity index (χ0v) is 38.4. The van der Waals surface area contributed by atoms with Gasteiger partial charge in [-0.3, -0.25) is 38.8 Å². The Morgan fingerprint density at radius 3 is 1.45 bits per heavy atom. The summed E-state index contributed by atoms with van der Waals surface area (Å²) in [7, 11) is 0. The third kappa shape index (κ3) is 28.9. The first-order chi connectivity index (χ1) is 28.4. The number of nitrogens with zero attached hydrogens (tertiary/aromatic N) is 4. The summed E-state index contributed by atoms with van der Waals surface area (Å²) in [6, 6.07) is 6.94. The molecule has 0 amide bonds. The van der Waals surface area contributed by atoms with Crippen LogP contribution >= 0.6 is 12.2 Å². The van der Waals surface area contributed by atoms with Gasteiger partial charge in [-0.25, -0.2) is 0 Å². The average molecular weight is 950 g/mol. The van der Waals surface area contributed by atoms with Gasteiger partial charge in [-0.15, -0.1) is 0 Å². The zero-order valence-electron chi connectivity index (χ0n) is 34.7. The van der Waals surface area contributed by atoms with Crippen LogP contribution in [0.4, 0.5) is 5.69 Å². The molecule has 1 fully saturated rings. The Labute approximate surface area is 382 Å². The van der Waals surface area contributed by atoms with Crippen molar-refractivity contribution in [1.29, 1.82) is 0 Å². The van der Waals surface area contributed by atoms with Gasteiger partial charge in [-0.2, -0.15) is 0 Å². The van der Waals surface area contributed by atoms with Crippen molar-refractivity contribution in [2.24, 2.45) is 0 Å². The first-order valence-electron chi connectivity index (χ1n) is 19.8. The molecule has 0 aromatic heterocycles. The van der Waals surface area contributed by atoms with E-state index in [0.717, 1.165) is 5.56 Å². The molecule has 1 aliphatic heterocycles. The number of hydrogen-bond donors (Lipinski definition) is 6. The number of nitrogens with one attached hydrogen (secondary N) is 2. The van der Waals surface area contributed by atoms with Gasteiger partial charge in [-0.1, -0.05) is 12.1 Å². The average Bonchev–Trinajstić information content (AvgIpc) is 3.17. The Morgan fingerprint density at radius 2 is 1.00 bits per heavy atom. The van der Waals surface area contributed by atoms with E-state index in [1.165, 1.54) is 0 Å². The number of benzene rings is 1. The van der Waals surface area contributed by atoms with Crippen molar-refractivity contribution in [3.8, 4) is 0 Å². The fourth-order valence-electron chi connectivity index (χ4n) is 6.01. The second kappa shape index (κ2) is 35.0. The summed E-state index contributed by atoms with van der Waals surface area (Å²) in [6.07, 6.45) is 0.361. The van der Waals surface area contributed by atoms with Crippen LogP contribution in [0.1, 0.15) is 12.5 Å². The number of carboxylic acids is 4. The van der Waals surface area contributed by atoms with Crippen LogP contribution < -0.4 is 10.6 Å². The standard InChI is InChI=1S/C38H64N6O14S.Y/c1-2-53-15-16-55-19-20-57-23-24-58-22-21-56-18-17-54-14-7-39-38(59)40-32-5-3-31(4-6-32)25-33-26-43(29-36(49)50)11-10-41(27-34(45)46)8-9-42(28-35(47)48)12-13-44(33)30-37(51)52;/h3-6,33H,2,7-30H2,1H3,(H,45,46)(H,47,48)(H,49,50)(H,51,52)(H2,39,40,59);.